The van der Waals surface area contributed by atoms with Crippen LogP contribution in [0.25, 0.3) is 0 Å². The molecular formula is C13H12N2O3. The monoisotopic (exact) mass is 244 g/mol. The molecule has 0 radical (unpaired) electrons. The van der Waals surface area contributed by atoms with Crippen LogP contribution in [0.3, 0.4) is 0 Å². The summed E-state index contributed by atoms with van der Waals surface area (Å²) >= 11 is 0. The van der Waals surface area contributed by atoms with Crippen molar-refractivity contribution in [3.05, 3.63) is 53.6 Å². The van der Waals surface area contributed by atoms with Crippen LogP contribution >= 0.6 is 0 Å². The molecule has 0 unspecified atom stereocenters. The number of hydrogen-bond acceptors (Lipinski definition) is 4. The lowest BCUT2D eigenvalue weighted by Crippen LogP contribution is -2.05. The number of aromatic nitrogens is 2. The molecule has 0 bridgehead atoms. The highest BCUT2D eigenvalue weighted by atomic mass is 16.5. The van der Waals surface area contributed by atoms with E-state index in [2.05, 4.69) is 9.97 Å². The van der Waals surface area contributed by atoms with Crippen molar-refractivity contribution in [2.75, 3.05) is 0 Å². The Morgan fingerprint density at radius 2 is 2.22 bits per heavy atom. The Hall–Kier alpha value is -2.43. The second kappa shape index (κ2) is 5.27. The zero-order valence-electron chi connectivity index (χ0n) is 9.83. The Morgan fingerprint density at radius 1 is 1.39 bits per heavy atom. The average Bonchev–Trinajstić information content (AvgIpc) is 2.37. The van der Waals surface area contributed by atoms with E-state index in [1.54, 1.807) is 0 Å². The topological polar surface area (TPSA) is 72.3 Å². The second-order valence-electron chi connectivity index (χ2n) is 3.74. The van der Waals surface area contributed by atoms with Crippen LogP contribution in [0.15, 0.2) is 36.7 Å². The largest absolute Gasteiger partial charge is 0.485 e. The zero-order valence-corrected chi connectivity index (χ0v) is 9.83. The van der Waals surface area contributed by atoms with Crippen molar-refractivity contribution >= 4 is 5.97 Å². The van der Waals surface area contributed by atoms with Crippen LogP contribution in [0.4, 0.5) is 0 Å². The number of carboxylic acids is 1. The molecule has 2 heterocycles. The van der Waals surface area contributed by atoms with Crippen molar-refractivity contribution in [1.82, 2.24) is 9.97 Å². The molecule has 0 spiro atoms. The van der Waals surface area contributed by atoms with E-state index in [9.17, 15) is 4.79 Å². The van der Waals surface area contributed by atoms with Gasteiger partial charge in [0.1, 0.15) is 12.2 Å². The summed E-state index contributed by atoms with van der Waals surface area (Å²) in [5, 5.41) is 8.98. The molecule has 0 aromatic carbocycles. The second-order valence-corrected chi connectivity index (χ2v) is 3.74. The predicted octanol–water partition coefficient (Wildman–Crippen LogP) is 2.06. The minimum Gasteiger partial charge on any atom is -0.485 e. The summed E-state index contributed by atoms with van der Waals surface area (Å²) in [5.41, 5.74) is 1.73. The van der Waals surface area contributed by atoms with Gasteiger partial charge in [0.15, 0.2) is 5.75 Å². The van der Waals surface area contributed by atoms with E-state index in [4.69, 9.17) is 9.84 Å². The van der Waals surface area contributed by atoms with Gasteiger partial charge in [-0.2, -0.15) is 0 Å². The maximum absolute atomic E-state index is 11.0. The predicted molar refractivity (Wildman–Crippen MR) is 64.5 cm³/mol. The highest BCUT2D eigenvalue weighted by molar-refractivity contribution is 5.90. The molecule has 0 saturated carbocycles. The van der Waals surface area contributed by atoms with Crippen LogP contribution in [0, 0.1) is 6.92 Å². The van der Waals surface area contributed by atoms with Crippen molar-refractivity contribution < 1.29 is 14.6 Å². The number of rotatable bonds is 4. The fourth-order valence-corrected chi connectivity index (χ4v) is 1.50. The summed E-state index contributed by atoms with van der Waals surface area (Å²) in [6.45, 7) is 2.10. The summed E-state index contributed by atoms with van der Waals surface area (Å²) in [6.07, 6.45) is 2.81. The van der Waals surface area contributed by atoms with Gasteiger partial charge in [-0.25, -0.2) is 4.79 Å². The summed E-state index contributed by atoms with van der Waals surface area (Å²) < 4.78 is 5.43. The molecule has 18 heavy (non-hydrogen) atoms. The van der Waals surface area contributed by atoms with Gasteiger partial charge in [-0.1, -0.05) is 6.07 Å². The van der Waals surface area contributed by atoms with Crippen LogP contribution in [-0.2, 0) is 6.61 Å². The first-order chi connectivity index (χ1) is 8.66. The van der Waals surface area contributed by atoms with Gasteiger partial charge in [0.2, 0.25) is 0 Å². The molecule has 0 amide bonds. The first-order valence-electron chi connectivity index (χ1n) is 5.39. The molecule has 0 saturated heterocycles. The van der Waals surface area contributed by atoms with Crippen LogP contribution in [0.2, 0.25) is 0 Å². The number of nitrogens with zero attached hydrogens (tertiary/aromatic N) is 2. The highest BCUT2D eigenvalue weighted by Gasteiger charge is 2.10. The summed E-state index contributed by atoms with van der Waals surface area (Å²) in [4.78, 5) is 19.1. The van der Waals surface area contributed by atoms with E-state index in [1.807, 2.05) is 25.1 Å². The van der Waals surface area contributed by atoms with Gasteiger partial charge in [-0.3, -0.25) is 9.97 Å². The first-order valence-corrected chi connectivity index (χ1v) is 5.39. The fourth-order valence-electron chi connectivity index (χ4n) is 1.50. The first kappa shape index (κ1) is 12.0. The normalized spacial score (nSPS) is 10.1. The van der Waals surface area contributed by atoms with Crippen LogP contribution < -0.4 is 4.74 Å². The molecule has 5 heteroatoms. The van der Waals surface area contributed by atoms with Crippen LogP contribution in [0.5, 0.6) is 5.75 Å². The third kappa shape index (κ3) is 2.82. The van der Waals surface area contributed by atoms with Gasteiger partial charge >= 0.3 is 5.97 Å². The van der Waals surface area contributed by atoms with Gasteiger partial charge in [0, 0.05) is 11.9 Å². The molecule has 2 rings (SSSR count). The van der Waals surface area contributed by atoms with E-state index in [-0.39, 0.29) is 17.9 Å². The maximum Gasteiger partial charge on any atom is 0.339 e. The number of aromatic carboxylic acids is 1. The summed E-state index contributed by atoms with van der Waals surface area (Å²) in [6, 6.07) is 6.99. The molecule has 2 aromatic rings. The van der Waals surface area contributed by atoms with Crippen LogP contribution in [-0.4, -0.2) is 21.0 Å². The lowest BCUT2D eigenvalue weighted by atomic mass is 10.2. The molecule has 0 atom stereocenters. The van der Waals surface area contributed by atoms with Crippen molar-refractivity contribution in [2.45, 2.75) is 13.5 Å². The Kier molecular flexibility index (Phi) is 3.52. The molecule has 0 aliphatic rings. The third-order valence-electron chi connectivity index (χ3n) is 2.34. The Labute approximate surface area is 104 Å². The van der Waals surface area contributed by atoms with E-state index in [0.29, 0.717) is 0 Å². The van der Waals surface area contributed by atoms with Crippen molar-refractivity contribution in [1.29, 1.82) is 0 Å². The number of ether oxygens (including phenoxy) is 1. The van der Waals surface area contributed by atoms with Gasteiger partial charge in [0.05, 0.1) is 11.9 Å². The highest BCUT2D eigenvalue weighted by Crippen LogP contribution is 2.17. The minimum atomic E-state index is -1.04. The van der Waals surface area contributed by atoms with Crippen molar-refractivity contribution in [3.63, 3.8) is 0 Å². The summed E-state index contributed by atoms with van der Waals surface area (Å²) in [5.74, 6) is -0.794. The number of pyridine rings is 2. The number of aryl methyl sites for hydroxylation is 1. The number of carbonyl (C=O) groups is 1. The van der Waals surface area contributed by atoms with E-state index in [0.717, 1.165) is 11.4 Å². The molecule has 1 N–H and O–H groups in total. The van der Waals surface area contributed by atoms with Crippen molar-refractivity contribution in [3.8, 4) is 5.75 Å². The molecule has 0 aliphatic heterocycles. The molecule has 92 valence electrons. The Bertz CT molecular complexity index is 570. The molecule has 0 fully saturated rings. The minimum absolute atomic E-state index is 0.0950. The lowest BCUT2D eigenvalue weighted by molar-refractivity contribution is 0.0691. The fraction of sp³-hybridized carbons (Fsp3) is 0.154. The molecule has 2 aromatic heterocycles. The quantitative estimate of drug-likeness (QED) is 0.891. The Balaban J connectivity index is 2.13. The smallest absolute Gasteiger partial charge is 0.339 e. The molecule has 0 aliphatic carbocycles. The number of hydrogen-bond donors (Lipinski definition) is 1. The van der Waals surface area contributed by atoms with Crippen LogP contribution in [0.1, 0.15) is 21.7 Å². The number of carboxylic acid groups (broad SMARTS) is 1. The van der Waals surface area contributed by atoms with E-state index < -0.39 is 5.97 Å². The van der Waals surface area contributed by atoms with Gasteiger partial charge in [-0.05, 0) is 25.1 Å². The maximum atomic E-state index is 11.0. The van der Waals surface area contributed by atoms with E-state index >= 15 is 0 Å². The third-order valence-corrected chi connectivity index (χ3v) is 2.34. The van der Waals surface area contributed by atoms with Crippen molar-refractivity contribution in [2.24, 2.45) is 0 Å². The molecule has 5 nitrogen and oxygen atoms in total. The van der Waals surface area contributed by atoms with E-state index in [1.165, 1.54) is 18.5 Å². The lowest BCUT2D eigenvalue weighted by Gasteiger charge is -2.08. The standard InChI is InChI=1S/C13H12N2O3/c1-9-3-2-4-10(15-9)8-18-12-7-14-6-5-11(12)13(16)17/h2-7H,8H2,1H3,(H,16,17). The zero-order chi connectivity index (χ0) is 13.0. The van der Waals surface area contributed by atoms with Gasteiger partial charge in [-0.15, -0.1) is 0 Å². The molecular weight excluding hydrogens is 232 g/mol. The van der Waals surface area contributed by atoms with Gasteiger partial charge in [0.25, 0.3) is 0 Å². The Morgan fingerprint density at radius 3 is 2.94 bits per heavy atom. The van der Waals surface area contributed by atoms with Gasteiger partial charge < -0.3 is 9.84 Å². The summed E-state index contributed by atoms with van der Waals surface area (Å²) in [7, 11) is 0. The average molecular weight is 244 g/mol. The SMILES string of the molecule is Cc1cccc(COc2cnccc2C(=O)O)n1.